The van der Waals surface area contributed by atoms with Gasteiger partial charge >= 0.3 is 0 Å². The number of halogens is 2. The zero-order valence-electron chi connectivity index (χ0n) is 10.4. The molecule has 0 aliphatic heterocycles. The number of amides is 1. The van der Waals surface area contributed by atoms with Crippen LogP contribution in [0.5, 0.6) is 0 Å². The molecule has 4 heteroatoms. The number of benzene rings is 2. The van der Waals surface area contributed by atoms with Crippen molar-refractivity contribution in [1.82, 2.24) is 0 Å². The first kappa shape index (κ1) is 13.7. The molecule has 0 aliphatic carbocycles. The molecule has 1 amide bonds. The van der Waals surface area contributed by atoms with E-state index in [1.165, 1.54) is 12.1 Å². The van der Waals surface area contributed by atoms with Crippen molar-refractivity contribution in [2.75, 3.05) is 5.32 Å². The standard InChI is InChI=1S/C15H13BrFNO/c1-2-10-5-3-4-6-12(10)15(19)18-11-7-8-14(17)13(16)9-11/h3-9H,2H2,1H3,(H,18,19). The van der Waals surface area contributed by atoms with Crippen molar-refractivity contribution in [3.8, 4) is 0 Å². The monoisotopic (exact) mass is 321 g/mol. The molecule has 98 valence electrons. The number of nitrogens with one attached hydrogen (secondary N) is 1. The molecule has 0 heterocycles. The van der Waals surface area contributed by atoms with Crippen LogP contribution in [-0.2, 0) is 6.42 Å². The van der Waals surface area contributed by atoms with Crippen molar-refractivity contribution in [3.05, 3.63) is 63.9 Å². The molecule has 0 spiro atoms. The molecular weight excluding hydrogens is 309 g/mol. The molecule has 0 saturated carbocycles. The van der Waals surface area contributed by atoms with Gasteiger partial charge in [0.1, 0.15) is 5.82 Å². The lowest BCUT2D eigenvalue weighted by atomic mass is 10.0. The van der Waals surface area contributed by atoms with E-state index in [0.29, 0.717) is 15.7 Å². The minimum absolute atomic E-state index is 0.184. The van der Waals surface area contributed by atoms with E-state index in [2.05, 4.69) is 21.2 Å². The van der Waals surface area contributed by atoms with Gasteiger partial charge in [-0.1, -0.05) is 25.1 Å². The molecule has 0 saturated heterocycles. The highest BCUT2D eigenvalue weighted by Crippen LogP contribution is 2.21. The van der Waals surface area contributed by atoms with Gasteiger partial charge in [0.2, 0.25) is 0 Å². The molecule has 0 aromatic heterocycles. The molecule has 0 radical (unpaired) electrons. The summed E-state index contributed by atoms with van der Waals surface area (Å²) in [6.07, 6.45) is 0.788. The highest BCUT2D eigenvalue weighted by molar-refractivity contribution is 9.10. The van der Waals surface area contributed by atoms with Crippen LogP contribution in [-0.4, -0.2) is 5.91 Å². The summed E-state index contributed by atoms with van der Waals surface area (Å²) in [5.41, 5.74) is 2.19. The fourth-order valence-corrected chi connectivity index (χ4v) is 2.20. The van der Waals surface area contributed by atoms with E-state index in [1.807, 2.05) is 25.1 Å². The number of hydrogen-bond acceptors (Lipinski definition) is 1. The van der Waals surface area contributed by atoms with Crippen molar-refractivity contribution < 1.29 is 9.18 Å². The van der Waals surface area contributed by atoms with Gasteiger partial charge in [0.15, 0.2) is 0 Å². The normalized spacial score (nSPS) is 10.3. The quantitative estimate of drug-likeness (QED) is 0.891. The second-order valence-electron chi connectivity index (χ2n) is 4.09. The van der Waals surface area contributed by atoms with E-state index in [-0.39, 0.29) is 11.7 Å². The lowest BCUT2D eigenvalue weighted by Gasteiger charge is -2.09. The van der Waals surface area contributed by atoms with Gasteiger partial charge in [-0.05, 0) is 52.2 Å². The number of carbonyl (C=O) groups excluding carboxylic acids is 1. The first-order valence-corrected chi connectivity index (χ1v) is 6.75. The summed E-state index contributed by atoms with van der Waals surface area (Å²) in [4.78, 5) is 12.2. The predicted octanol–water partition coefficient (Wildman–Crippen LogP) is 4.40. The Bertz CT molecular complexity index is 613. The second-order valence-corrected chi connectivity index (χ2v) is 4.95. The Hall–Kier alpha value is -1.68. The van der Waals surface area contributed by atoms with Gasteiger partial charge in [-0.25, -0.2) is 4.39 Å². The number of carbonyl (C=O) groups is 1. The van der Waals surface area contributed by atoms with Crippen LogP contribution >= 0.6 is 15.9 Å². The third-order valence-electron chi connectivity index (χ3n) is 2.82. The molecule has 0 atom stereocenters. The van der Waals surface area contributed by atoms with Gasteiger partial charge < -0.3 is 5.32 Å². The van der Waals surface area contributed by atoms with Gasteiger partial charge in [0, 0.05) is 11.3 Å². The van der Waals surface area contributed by atoms with Crippen LogP contribution in [0.25, 0.3) is 0 Å². The summed E-state index contributed by atoms with van der Waals surface area (Å²) in [7, 11) is 0. The number of aryl methyl sites for hydroxylation is 1. The maximum Gasteiger partial charge on any atom is 0.255 e. The van der Waals surface area contributed by atoms with Crippen molar-refractivity contribution >= 4 is 27.5 Å². The van der Waals surface area contributed by atoms with Crippen molar-refractivity contribution in [2.24, 2.45) is 0 Å². The Labute approximate surface area is 119 Å². The third kappa shape index (κ3) is 3.20. The summed E-state index contributed by atoms with van der Waals surface area (Å²) < 4.78 is 13.4. The van der Waals surface area contributed by atoms with E-state index in [4.69, 9.17) is 0 Å². The number of hydrogen-bond donors (Lipinski definition) is 1. The van der Waals surface area contributed by atoms with Gasteiger partial charge in [-0.2, -0.15) is 0 Å². The first-order chi connectivity index (χ1) is 9.11. The fourth-order valence-electron chi connectivity index (χ4n) is 1.82. The molecule has 2 nitrogen and oxygen atoms in total. The molecule has 2 rings (SSSR count). The lowest BCUT2D eigenvalue weighted by Crippen LogP contribution is -2.14. The molecule has 0 fully saturated rings. The molecule has 0 bridgehead atoms. The van der Waals surface area contributed by atoms with Crippen LogP contribution in [0.1, 0.15) is 22.8 Å². The maximum atomic E-state index is 13.1. The summed E-state index contributed by atoms with van der Waals surface area (Å²) in [6.45, 7) is 2.00. The van der Waals surface area contributed by atoms with Crippen LogP contribution in [0, 0.1) is 5.82 Å². The average Bonchev–Trinajstić information content (AvgIpc) is 2.43. The van der Waals surface area contributed by atoms with E-state index in [0.717, 1.165) is 12.0 Å². The van der Waals surface area contributed by atoms with Crippen molar-refractivity contribution in [2.45, 2.75) is 13.3 Å². The zero-order valence-corrected chi connectivity index (χ0v) is 12.0. The topological polar surface area (TPSA) is 29.1 Å². The summed E-state index contributed by atoms with van der Waals surface area (Å²) in [5, 5.41) is 2.77. The maximum absolute atomic E-state index is 13.1. The molecule has 19 heavy (non-hydrogen) atoms. The van der Waals surface area contributed by atoms with Crippen LogP contribution < -0.4 is 5.32 Å². The van der Waals surface area contributed by atoms with Crippen molar-refractivity contribution in [1.29, 1.82) is 0 Å². The summed E-state index contributed by atoms with van der Waals surface area (Å²) in [5.74, 6) is -0.539. The molecule has 0 unspecified atom stereocenters. The van der Waals surface area contributed by atoms with E-state index in [9.17, 15) is 9.18 Å². The molecule has 1 N–H and O–H groups in total. The first-order valence-electron chi connectivity index (χ1n) is 5.96. The Morgan fingerprint density at radius 1 is 1.26 bits per heavy atom. The Kier molecular flexibility index (Phi) is 4.32. The third-order valence-corrected chi connectivity index (χ3v) is 3.43. The van der Waals surface area contributed by atoms with Gasteiger partial charge in [0.25, 0.3) is 5.91 Å². The molecule has 2 aromatic rings. The van der Waals surface area contributed by atoms with Gasteiger partial charge in [-0.3, -0.25) is 4.79 Å². The van der Waals surface area contributed by atoms with Crippen molar-refractivity contribution in [3.63, 3.8) is 0 Å². The van der Waals surface area contributed by atoms with E-state index >= 15 is 0 Å². The van der Waals surface area contributed by atoms with Crippen LogP contribution in [0.3, 0.4) is 0 Å². The Morgan fingerprint density at radius 3 is 2.68 bits per heavy atom. The lowest BCUT2D eigenvalue weighted by molar-refractivity contribution is 0.102. The SMILES string of the molecule is CCc1ccccc1C(=O)Nc1ccc(F)c(Br)c1. The molecule has 0 aliphatic rings. The largest absolute Gasteiger partial charge is 0.322 e. The second kappa shape index (κ2) is 5.97. The number of rotatable bonds is 3. The van der Waals surface area contributed by atoms with Crippen LogP contribution in [0.4, 0.5) is 10.1 Å². The Balaban J connectivity index is 2.23. The molecular formula is C15H13BrFNO. The minimum atomic E-state index is -0.355. The highest BCUT2D eigenvalue weighted by atomic mass is 79.9. The predicted molar refractivity (Wildman–Crippen MR) is 77.9 cm³/mol. The fraction of sp³-hybridized carbons (Fsp3) is 0.133. The Morgan fingerprint density at radius 2 is 2.00 bits per heavy atom. The van der Waals surface area contributed by atoms with E-state index < -0.39 is 0 Å². The van der Waals surface area contributed by atoms with E-state index in [1.54, 1.807) is 12.1 Å². The van der Waals surface area contributed by atoms with Gasteiger partial charge in [-0.15, -0.1) is 0 Å². The number of anilines is 1. The van der Waals surface area contributed by atoms with Crippen LogP contribution in [0.2, 0.25) is 0 Å². The average molecular weight is 322 g/mol. The van der Waals surface area contributed by atoms with Crippen LogP contribution in [0.15, 0.2) is 46.9 Å². The zero-order chi connectivity index (χ0) is 13.8. The highest BCUT2D eigenvalue weighted by Gasteiger charge is 2.10. The smallest absolute Gasteiger partial charge is 0.255 e. The van der Waals surface area contributed by atoms with Gasteiger partial charge in [0.05, 0.1) is 4.47 Å². The summed E-state index contributed by atoms with van der Waals surface area (Å²) in [6, 6.07) is 11.8. The molecule has 2 aromatic carbocycles. The minimum Gasteiger partial charge on any atom is -0.322 e. The summed E-state index contributed by atoms with van der Waals surface area (Å²) >= 11 is 3.09.